The van der Waals surface area contributed by atoms with Crippen LogP contribution < -0.4 is 5.32 Å². The number of aryl methyl sites for hydroxylation is 4. The van der Waals surface area contributed by atoms with Crippen LogP contribution in [0.4, 0.5) is 10.2 Å². The molecule has 0 radical (unpaired) electrons. The lowest BCUT2D eigenvalue weighted by molar-refractivity contribution is 0.0776. The van der Waals surface area contributed by atoms with Gasteiger partial charge in [-0.15, -0.1) is 21.5 Å². The van der Waals surface area contributed by atoms with Gasteiger partial charge in [0.1, 0.15) is 11.6 Å². The van der Waals surface area contributed by atoms with Crippen molar-refractivity contribution in [2.24, 2.45) is 0 Å². The number of nitrogens with zero attached hydrogens (tertiary/aromatic N) is 5. The normalized spacial score (nSPS) is 18.1. The molecule has 48 heavy (non-hydrogen) atoms. The minimum Gasteiger partial charge on any atom is -0.421 e. The Labute approximate surface area is 285 Å². The second-order valence-corrected chi connectivity index (χ2v) is 14.2. The van der Waals surface area contributed by atoms with Gasteiger partial charge in [-0.2, -0.15) is 0 Å². The lowest BCUT2D eigenvalue weighted by atomic mass is 9.93. The highest BCUT2D eigenvalue weighted by Gasteiger charge is 2.45. The van der Waals surface area contributed by atoms with Crippen LogP contribution in [0.2, 0.25) is 5.02 Å². The predicted octanol–water partition coefficient (Wildman–Crippen LogP) is 8.68. The van der Waals surface area contributed by atoms with Gasteiger partial charge >= 0.3 is 0 Å². The number of hydrogen-bond acceptors (Lipinski definition) is 8. The number of pyridine rings is 2. The molecular weight excluding hydrogens is 647 g/mol. The number of nitrogens with one attached hydrogen (secondary N) is 1. The number of anilines is 1. The number of thiophene rings is 1. The molecule has 0 saturated carbocycles. The SMILES string of the molecule is Cc1nnc(-c2c(CCc3ccc(F)cc3)nc3c(c2-c2cc4ccnc(N[C@H]5CCc6cc(Cl)ccc65)c4s2)C(=O)N2CCCC32)o1. The van der Waals surface area contributed by atoms with E-state index in [1.807, 2.05) is 23.2 Å². The first-order valence-corrected chi connectivity index (χ1v) is 17.5. The Morgan fingerprint density at radius 2 is 1.92 bits per heavy atom. The molecular formula is C37H30ClFN6O2S. The summed E-state index contributed by atoms with van der Waals surface area (Å²) in [5.74, 6) is 1.29. The lowest BCUT2D eigenvalue weighted by Gasteiger charge is -2.16. The van der Waals surface area contributed by atoms with E-state index in [4.69, 9.17) is 26.0 Å². The van der Waals surface area contributed by atoms with Crippen molar-refractivity contribution in [3.8, 4) is 21.9 Å². The van der Waals surface area contributed by atoms with Gasteiger partial charge in [0.2, 0.25) is 11.8 Å². The van der Waals surface area contributed by atoms with Crippen molar-refractivity contribution in [2.45, 2.75) is 57.5 Å². The third kappa shape index (κ3) is 4.88. The van der Waals surface area contributed by atoms with Crippen LogP contribution in [-0.2, 0) is 19.3 Å². The van der Waals surface area contributed by atoms with Crippen molar-refractivity contribution in [1.29, 1.82) is 0 Å². The van der Waals surface area contributed by atoms with Crippen molar-refractivity contribution in [3.63, 3.8) is 0 Å². The van der Waals surface area contributed by atoms with Gasteiger partial charge in [-0.05, 0) is 97.0 Å². The second kappa shape index (κ2) is 11.5. The van der Waals surface area contributed by atoms with Crippen LogP contribution in [0.5, 0.6) is 0 Å². The molecule has 9 rings (SSSR count). The van der Waals surface area contributed by atoms with E-state index < -0.39 is 0 Å². The molecule has 6 heterocycles. The van der Waals surface area contributed by atoms with Crippen molar-refractivity contribution in [1.82, 2.24) is 25.1 Å². The zero-order valence-electron chi connectivity index (χ0n) is 26.1. The van der Waals surface area contributed by atoms with Crippen LogP contribution in [0.25, 0.3) is 32.0 Å². The molecule has 2 aliphatic heterocycles. The second-order valence-electron chi connectivity index (χ2n) is 12.7. The number of halogens is 2. The first kappa shape index (κ1) is 29.5. The molecule has 240 valence electrons. The molecule has 1 N–H and O–H groups in total. The molecule has 0 bridgehead atoms. The fourth-order valence-corrected chi connectivity index (χ4v) is 8.97. The van der Waals surface area contributed by atoms with Gasteiger partial charge in [-0.1, -0.05) is 29.8 Å². The van der Waals surface area contributed by atoms with Gasteiger partial charge in [0, 0.05) is 35.1 Å². The third-order valence-corrected chi connectivity index (χ3v) is 11.2. The maximum absolute atomic E-state index is 14.2. The molecule has 1 fully saturated rings. The lowest BCUT2D eigenvalue weighted by Crippen LogP contribution is -2.22. The maximum atomic E-state index is 14.2. The molecule has 4 aromatic heterocycles. The zero-order chi connectivity index (χ0) is 32.5. The highest BCUT2D eigenvalue weighted by atomic mass is 35.5. The van der Waals surface area contributed by atoms with E-state index in [0.717, 1.165) is 74.0 Å². The summed E-state index contributed by atoms with van der Waals surface area (Å²) >= 11 is 7.89. The van der Waals surface area contributed by atoms with E-state index in [9.17, 15) is 9.18 Å². The summed E-state index contributed by atoms with van der Waals surface area (Å²) in [6.07, 6.45) is 6.74. The topological polar surface area (TPSA) is 97.0 Å². The molecule has 3 aliphatic rings. The van der Waals surface area contributed by atoms with E-state index in [0.29, 0.717) is 42.3 Å². The Hall–Kier alpha value is -4.67. The highest BCUT2D eigenvalue weighted by Crippen LogP contribution is 2.50. The van der Waals surface area contributed by atoms with Crippen LogP contribution in [0.1, 0.15) is 75.7 Å². The summed E-state index contributed by atoms with van der Waals surface area (Å²) in [5, 5.41) is 14.1. The Morgan fingerprint density at radius 3 is 2.75 bits per heavy atom. The first-order valence-electron chi connectivity index (χ1n) is 16.3. The van der Waals surface area contributed by atoms with Crippen LogP contribution in [0, 0.1) is 12.7 Å². The molecule has 11 heteroatoms. The average molecular weight is 677 g/mol. The standard InChI is InChI=1S/C37H30ClFN6O2S/c1-19-43-44-36(47-19)30-27(12-6-20-4-9-24(39)10-5-20)41-33-28-3-2-16-45(28)37(46)32(33)31(30)29-18-22-14-15-40-35(34(22)48-29)42-26-13-7-21-17-23(38)8-11-25(21)26/h4-5,8-11,14-15,17-18,26,28H,2-3,6-7,12-13,16H2,1H3,(H,40,42)/t26-,28?/m0/s1. The molecule has 1 amide bonds. The largest absolute Gasteiger partial charge is 0.421 e. The molecule has 1 aliphatic carbocycles. The number of rotatable bonds is 7. The highest BCUT2D eigenvalue weighted by molar-refractivity contribution is 7.23. The van der Waals surface area contributed by atoms with E-state index >= 15 is 0 Å². The Morgan fingerprint density at radius 1 is 1.04 bits per heavy atom. The van der Waals surface area contributed by atoms with E-state index in [2.05, 4.69) is 33.7 Å². The summed E-state index contributed by atoms with van der Waals surface area (Å²) in [4.78, 5) is 27.1. The van der Waals surface area contributed by atoms with Crippen molar-refractivity contribution in [3.05, 3.63) is 111 Å². The number of aromatic nitrogens is 4. The third-order valence-electron chi connectivity index (χ3n) is 9.82. The average Bonchev–Trinajstić information content (AvgIpc) is 3.92. The van der Waals surface area contributed by atoms with Gasteiger partial charge in [0.25, 0.3) is 5.91 Å². The summed E-state index contributed by atoms with van der Waals surface area (Å²) in [5.41, 5.74) is 7.18. The van der Waals surface area contributed by atoms with Crippen LogP contribution >= 0.6 is 22.9 Å². The van der Waals surface area contributed by atoms with Crippen molar-refractivity contribution < 1.29 is 13.6 Å². The zero-order valence-corrected chi connectivity index (χ0v) is 27.7. The van der Waals surface area contributed by atoms with Crippen LogP contribution in [-0.4, -0.2) is 37.5 Å². The van der Waals surface area contributed by atoms with Crippen LogP contribution in [0.15, 0.2) is 65.2 Å². The number of fused-ring (bicyclic) bond motifs is 5. The fraction of sp³-hybridized carbons (Fsp3) is 0.270. The Kier molecular flexibility index (Phi) is 7.05. The van der Waals surface area contributed by atoms with Gasteiger partial charge in [0.05, 0.1) is 39.3 Å². The van der Waals surface area contributed by atoms with E-state index in [1.165, 1.54) is 23.3 Å². The van der Waals surface area contributed by atoms with Crippen molar-refractivity contribution >= 4 is 44.7 Å². The van der Waals surface area contributed by atoms with Gasteiger partial charge in [-0.25, -0.2) is 9.37 Å². The minimum atomic E-state index is -0.270. The number of benzene rings is 2. The van der Waals surface area contributed by atoms with E-state index in [-0.39, 0.29) is 23.8 Å². The molecule has 2 atom stereocenters. The summed E-state index contributed by atoms with van der Waals surface area (Å²) < 4.78 is 20.8. The summed E-state index contributed by atoms with van der Waals surface area (Å²) in [6.45, 7) is 2.46. The van der Waals surface area contributed by atoms with Gasteiger partial charge in [-0.3, -0.25) is 9.78 Å². The van der Waals surface area contributed by atoms with Gasteiger partial charge in [0.15, 0.2) is 0 Å². The number of hydrogen-bond donors (Lipinski definition) is 1. The first-order chi connectivity index (χ1) is 23.4. The molecule has 2 aromatic carbocycles. The van der Waals surface area contributed by atoms with Crippen LogP contribution in [0.3, 0.4) is 0 Å². The summed E-state index contributed by atoms with van der Waals surface area (Å²) in [7, 11) is 0. The Bertz CT molecular complexity index is 2250. The molecule has 8 nitrogen and oxygen atoms in total. The number of amides is 1. The smallest absolute Gasteiger partial charge is 0.257 e. The minimum absolute atomic E-state index is 0.00674. The van der Waals surface area contributed by atoms with Crippen molar-refractivity contribution in [2.75, 3.05) is 11.9 Å². The quantitative estimate of drug-likeness (QED) is 0.181. The number of carbonyl (C=O) groups excluding carboxylic acids is 1. The fourth-order valence-electron chi connectivity index (χ4n) is 7.61. The monoisotopic (exact) mass is 676 g/mol. The van der Waals surface area contributed by atoms with E-state index in [1.54, 1.807) is 30.4 Å². The Balaban J connectivity index is 1.21. The number of carbonyl (C=O) groups is 1. The van der Waals surface area contributed by atoms with Gasteiger partial charge < -0.3 is 14.6 Å². The molecule has 1 unspecified atom stereocenters. The molecule has 1 saturated heterocycles. The predicted molar refractivity (Wildman–Crippen MR) is 184 cm³/mol. The molecule has 6 aromatic rings. The maximum Gasteiger partial charge on any atom is 0.257 e. The summed E-state index contributed by atoms with van der Waals surface area (Å²) in [6, 6.07) is 16.9. The molecule has 0 spiro atoms.